The monoisotopic (exact) mass is 282 g/mol. The van der Waals surface area contributed by atoms with Crippen LogP contribution in [-0.4, -0.2) is 18.5 Å². The lowest BCUT2D eigenvalue weighted by molar-refractivity contribution is -0.122. The molecule has 0 saturated carbocycles. The zero-order valence-corrected chi connectivity index (χ0v) is 11.6. The van der Waals surface area contributed by atoms with E-state index >= 15 is 0 Å². The van der Waals surface area contributed by atoms with Crippen LogP contribution in [0.2, 0.25) is 0 Å². The van der Waals surface area contributed by atoms with E-state index in [1.165, 1.54) is 12.1 Å². The molecule has 3 nitrogen and oxygen atoms in total. The predicted octanol–water partition coefficient (Wildman–Crippen LogP) is 2.36. The van der Waals surface area contributed by atoms with Crippen LogP contribution in [0.15, 0.2) is 18.2 Å². The molecule has 0 aromatic heterocycles. The van der Waals surface area contributed by atoms with Crippen molar-refractivity contribution in [3.8, 4) is 0 Å². The van der Waals surface area contributed by atoms with Gasteiger partial charge < -0.3 is 10.6 Å². The van der Waals surface area contributed by atoms with Gasteiger partial charge in [0.2, 0.25) is 5.91 Å². The number of carbonyl (C=O) groups is 1. The third-order valence-corrected chi connectivity index (χ3v) is 3.83. The summed E-state index contributed by atoms with van der Waals surface area (Å²) < 4.78 is 26.2. The van der Waals surface area contributed by atoms with Gasteiger partial charge in [-0.05, 0) is 31.4 Å². The standard InChI is InChI=1S/C15H20F2N2O/c1-10-3-2-6-18-14(10)8-15(20)19-9-11-4-5-12(16)7-13(11)17/h4-5,7,10,14,18H,2-3,6,8-9H2,1H3,(H,19,20). The lowest BCUT2D eigenvalue weighted by atomic mass is 9.90. The van der Waals surface area contributed by atoms with Crippen LogP contribution in [0.3, 0.4) is 0 Å². The van der Waals surface area contributed by atoms with Gasteiger partial charge in [-0.3, -0.25) is 4.79 Å². The van der Waals surface area contributed by atoms with Crippen LogP contribution in [0.4, 0.5) is 8.78 Å². The second kappa shape index (κ2) is 6.79. The number of rotatable bonds is 4. The molecule has 2 unspecified atom stereocenters. The van der Waals surface area contributed by atoms with E-state index in [0.29, 0.717) is 17.9 Å². The number of amides is 1. The van der Waals surface area contributed by atoms with Gasteiger partial charge in [0.25, 0.3) is 0 Å². The van der Waals surface area contributed by atoms with Gasteiger partial charge in [0, 0.05) is 30.6 Å². The summed E-state index contributed by atoms with van der Waals surface area (Å²) in [6.07, 6.45) is 2.65. The summed E-state index contributed by atoms with van der Waals surface area (Å²) in [5.41, 5.74) is 0.296. The minimum Gasteiger partial charge on any atom is -0.352 e. The molecule has 0 aliphatic carbocycles. The van der Waals surface area contributed by atoms with E-state index in [2.05, 4.69) is 17.6 Å². The van der Waals surface area contributed by atoms with Crippen molar-refractivity contribution in [1.82, 2.24) is 10.6 Å². The molecular weight excluding hydrogens is 262 g/mol. The van der Waals surface area contributed by atoms with Gasteiger partial charge in [-0.25, -0.2) is 8.78 Å². The average molecular weight is 282 g/mol. The van der Waals surface area contributed by atoms with Gasteiger partial charge >= 0.3 is 0 Å². The molecule has 2 atom stereocenters. The summed E-state index contributed by atoms with van der Waals surface area (Å²) in [6.45, 7) is 3.16. The normalized spacial score (nSPS) is 22.6. The summed E-state index contributed by atoms with van der Waals surface area (Å²) in [5, 5.41) is 6.02. The van der Waals surface area contributed by atoms with E-state index in [-0.39, 0.29) is 18.5 Å². The Kier molecular flexibility index (Phi) is 5.06. The van der Waals surface area contributed by atoms with E-state index in [1.807, 2.05) is 0 Å². The first-order valence-corrected chi connectivity index (χ1v) is 7.00. The van der Waals surface area contributed by atoms with Crippen molar-refractivity contribution in [2.75, 3.05) is 6.54 Å². The smallest absolute Gasteiger partial charge is 0.221 e. The Morgan fingerprint density at radius 1 is 1.45 bits per heavy atom. The topological polar surface area (TPSA) is 41.1 Å². The van der Waals surface area contributed by atoms with Crippen molar-refractivity contribution in [3.63, 3.8) is 0 Å². The molecule has 20 heavy (non-hydrogen) atoms. The zero-order valence-electron chi connectivity index (χ0n) is 11.6. The van der Waals surface area contributed by atoms with Crippen LogP contribution in [-0.2, 0) is 11.3 Å². The number of nitrogens with one attached hydrogen (secondary N) is 2. The number of benzene rings is 1. The van der Waals surface area contributed by atoms with E-state index in [9.17, 15) is 13.6 Å². The van der Waals surface area contributed by atoms with E-state index in [0.717, 1.165) is 25.5 Å². The van der Waals surface area contributed by atoms with Crippen LogP contribution < -0.4 is 10.6 Å². The molecule has 2 N–H and O–H groups in total. The molecular formula is C15H20F2N2O. The fourth-order valence-corrected chi connectivity index (χ4v) is 2.52. The first-order chi connectivity index (χ1) is 9.56. The second-order valence-electron chi connectivity index (χ2n) is 5.40. The first kappa shape index (κ1) is 14.9. The highest BCUT2D eigenvalue weighted by Crippen LogP contribution is 2.18. The van der Waals surface area contributed by atoms with Gasteiger partial charge in [0.15, 0.2) is 0 Å². The summed E-state index contributed by atoms with van der Waals surface area (Å²) in [7, 11) is 0. The lowest BCUT2D eigenvalue weighted by Gasteiger charge is -2.29. The Morgan fingerprint density at radius 3 is 2.95 bits per heavy atom. The first-order valence-electron chi connectivity index (χ1n) is 7.00. The molecule has 1 fully saturated rings. The number of piperidine rings is 1. The Morgan fingerprint density at radius 2 is 2.25 bits per heavy atom. The molecule has 1 aromatic rings. The van der Waals surface area contributed by atoms with E-state index < -0.39 is 11.6 Å². The molecule has 1 amide bonds. The summed E-state index contributed by atoms with van der Waals surface area (Å²) in [4.78, 5) is 11.9. The number of carbonyl (C=O) groups excluding carboxylic acids is 1. The van der Waals surface area contributed by atoms with Crippen LogP contribution >= 0.6 is 0 Å². The third-order valence-electron chi connectivity index (χ3n) is 3.83. The number of hydrogen-bond acceptors (Lipinski definition) is 2. The highest BCUT2D eigenvalue weighted by Gasteiger charge is 2.23. The van der Waals surface area contributed by atoms with Crippen LogP contribution in [0.1, 0.15) is 31.7 Å². The van der Waals surface area contributed by atoms with Crippen LogP contribution in [0.25, 0.3) is 0 Å². The molecule has 2 rings (SSSR count). The van der Waals surface area contributed by atoms with Crippen LogP contribution in [0, 0.1) is 17.6 Å². The minimum atomic E-state index is -0.630. The molecule has 1 saturated heterocycles. The average Bonchev–Trinajstić information content (AvgIpc) is 2.40. The third kappa shape index (κ3) is 4.00. The molecule has 1 aliphatic rings. The van der Waals surface area contributed by atoms with Crippen molar-refractivity contribution in [2.45, 2.75) is 38.8 Å². The molecule has 5 heteroatoms. The molecule has 0 bridgehead atoms. The van der Waals surface area contributed by atoms with Crippen LogP contribution in [0.5, 0.6) is 0 Å². The fraction of sp³-hybridized carbons (Fsp3) is 0.533. The van der Waals surface area contributed by atoms with E-state index in [4.69, 9.17) is 0 Å². The van der Waals surface area contributed by atoms with Gasteiger partial charge in [0.1, 0.15) is 11.6 Å². The molecule has 1 aliphatic heterocycles. The Labute approximate surface area is 117 Å². The van der Waals surface area contributed by atoms with Crippen molar-refractivity contribution in [3.05, 3.63) is 35.4 Å². The molecule has 0 spiro atoms. The minimum absolute atomic E-state index is 0.0893. The largest absolute Gasteiger partial charge is 0.352 e. The van der Waals surface area contributed by atoms with Gasteiger partial charge in [-0.1, -0.05) is 13.0 Å². The summed E-state index contributed by atoms with van der Waals surface area (Å²) in [5.74, 6) is -0.885. The lowest BCUT2D eigenvalue weighted by Crippen LogP contribution is -2.43. The highest BCUT2D eigenvalue weighted by molar-refractivity contribution is 5.76. The molecule has 0 radical (unpaired) electrons. The quantitative estimate of drug-likeness (QED) is 0.890. The predicted molar refractivity (Wildman–Crippen MR) is 73.0 cm³/mol. The maximum atomic E-state index is 13.4. The second-order valence-corrected chi connectivity index (χ2v) is 5.40. The van der Waals surface area contributed by atoms with Gasteiger partial charge in [0.05, 0.1) is 0 Å². The SMILES string of the molecule is CC1CCCNC1CC(=O)NCc1ccc(F)cc1F. The number of halogens is 2. The maximum absolute atomic E-state index is 13.4. The van der Waals surface area contributed by atoms with Crippen molar-refractivity contribution < 1.29 is 13.6 Å². The highest BCUT2D eigenvalue weighted by atomic mass is 19.1. The van der Waals surface area contributed by atoms with Gasteiger partial charge in [-0.15, -0.1) is 0 Å². The zero-order chi connectivity index (χ0) is 14.5. The molecule has 1 aromatic carbocycles. The summed E-state index contributed by atoms with van der Waals surface area (Å²) in [6, 6.07) is 3.55. The van der Waals surface area contributed by atoms with Gasteiger partial charge in [-0.2, -0.15) is 0 Å². The van der Waals surface area contributed by atoms with Crippen molar-refractivity contribution in [1.29, 1.82) is 0 Å². The summed E-state index contributed by atoms with van der Waals surface area (Å²) >= 11 is 0. The van der Waals surface area contributed by atoms with Crippen molar-refractivity contribution >= 4 is 5.91 Å². The fourth-order valence-electron chi connectivity index (χ4n) is 2.52. The van der Waals surface area contributed by atoms with E-state index in [1.54, 1.807) is 0 Å². The Bertz CT molecular complexity index is 479. The molecule has 1 heterocycles. The number of hydrogen-bond donors (Lipinski definition) is 2. The maximum Gasteiger partial charge on any atom is 0.221 e. The molecule has 110 valence electrons. The Balaban J connectivity index is 1.82. The Hall–Kier alpha value is -1.49. The van der Waals surface area contributed by atoms with Crippen molar-refractivity contribution in [2.24, 2.45) is 5.92 Å².